The van der Waals surface area contributed by atoms with Gasteiger partial charge in [0.2, 0.25) is 5.91 Å². The second-order valence-electron chi connectivity index (χ2n) is 8.45. The fourth-order valence-corrected chi connectivity index (χ4v) is 4.10. The molecule has 172 valence electrons. The Labute approximate surface area is 190 Å². The van der Waals surface area contributed by atoms with Crippen LogP contribution in [0.2, 0.25) is 0 Å². The number of piperidine rings is 1. The monoisotopic (exact) mass is 438 g/mol. The highest BCUT2D eigenvalue weighted by atomic mass is 16.5. The van der Waals surface area contributed by atoms with Crippen molar-refractivity contribution in [2.24, 2.45) is 5.92 Å². The molecule has 1 saturated heterocycles. The van der Waals surface area contributed by atoms with Crippen molar-refractivity contribution in [3.05, 3.63) is 59.7 Å². The molecule has 1 fully saturated rings. The van der Waals surface area contributed by atoms with Gasteiger partial charge in [0.15, 0.2) is 0 Å². The molecule has 7 nitrogen and oxygen atoms in total. The normalized spacial score (nSPS) is 14.4. The summed E-state index contributed by atoms with van der Waals surface area (Å²) >= 11 is 0. The van der Waals surface area contributed by atoms with E-state index in [9.17, 15) is 9.59 Å². The number of rotatable bonds is 10. The van der Waals surface area contributed by atoms with E-state index in [1.165, 1.54) is 11.8 Å². The quantitative estimate of drug-likeness (QED) is 0.533. The standard InChI is InChI=1S/C25H34N4O3/c1-20-18-27-23(19-26-20)25(31)29(12-6-16-32-2)15-11-24(30)28-13-9-22(10-14-28)17-21-7-4-3-5-8-21/h3-5,7-8,18-19,22H,6,9-17H2,1-2H3. The van der Waals surface area contributed by atoms with Crippen molar-refractivity contribution in [2.45, 2.75) is 39.0 Å². The molecule has 2 amide bonds. The highest BCUT2D eigenvalue weighted by molar-refractivity contribution is 5.92. The Balaban J connectivity index is 1.49. The molecule has 32 heavy (non-hydrogen) atoms. The van der Waals surface area contributed by atoms with Crippen LogP contribution in [0, 0.1) is 12.8 Å². The molecule has 1 aliphatic heterocycles. The second-order valence-corrected chi connectivity index (χ2v) is 8.45. The number of hydrogen-bond acceptors (Lipinski definition) is 5. The van der Waals surface area contributed by atoms with E-state index in [1.807, 2.05) is 17.9 Å². The van der Waals surface area contributed by atoms with Crippen molar-refractivity contribution < 1.29 is 14.3 Å². The van der Waals surface area contributed by atoms with Crippen LogP contribution in [0.15, 0.2) is 42.7 Å². The van der Waals surface area contributed by atoms with Crippen LogP contribution < -0.4 is 0 Å². The van der Waals surface area contributed by atoms with E-state index in [1.54, 1.807) is 18.2 Å². The van der Waals surface area contributed by atoms with Gasteiger partial charge in [0.1, 0.15) is 5.69 Å². The Morgan fingerprint density at radius 2 is 1.84 bits per heavy atom. The SMILES string of the molecule is COCCCN(CCC(=O)N1CCC(Cc2ccccc2)CC1)C(=O)c1cnc(C)cn1. The van der Waals surface area contributed by atoms with Crippen molar-refractivity contribution in [2.75, 3.05) is 39.9 Å². The Hall–Kier alpha value is -2.80. The molecule has 0 aliphatic carbocycles. The lowest BCUT2D eigenvalue weighted by atomic mass is 9.90. The zero-order valence-corrected chi connectivity index (χ0v) is 19.2. The first kappa shape index (κ1) is 23.9. The predicted molar refractivity (Wildman–Crippen MR) is 123 cm³/mol. The number of aromatic nitrogens is 2. The number of methoxy groups -OCH3 is 1. The summed E-state index contributed by atoms with van der Waals surface area (Å²) in [6, 6.07) is 10.5. The Morgan fingerprint density at radius 3 is 2.50 bits per heavy atom. The number of carbonyl (C=O) groups excluding carboxylic acids is 2. The number of nitrogens with zero attached hydrogens (tertiary/aromatic N) is 4. The third kappa shape index (κ3) is 7.12. The fraction of sp³-hybridized carbons (Fsp3) is 0.520. The zero-order chi connectivity index (χ0) is 22.8. The molecule has 0 N–H and O–H groups in total. The van der Waals surface area contributed by atoms with E-state index in [0.717, 1.165) is 38.0 Å². The average Bonchev–Trinajstić information content (AvgIpc) is 2.82. The van der Waals surface area contributed by atoms with Crippen LogP contribution in [0.5, 0.6) is 0 Å². The third-order valence-electron chi connectivity index (χ3n) is 5.99. The zero-order valence-electron chi connectivity index (χ0n) is 19.2. The number of aryl methyl sites for hydroxylation is 1. The lowest BCUT2D eigenvalue weighted by Crippen LogP contribution is -2.41. The summed E-state index contributed by atoms with van der Waals surface area (Å²) in [4.78, 5) is 37.8. The van der Waals surface area contributed by atoms with E-state index < -0.39 is 0 Å². The Bertz CT molecular complexity index is 849. The molecule has 0 radical (unpaired) electrons. The first-order valence-corrected chi connectivity index (χ1v) is 11.5. The van der Waals surface area contributed by atoms with Crippen molar-refractivity contribution in [3.8, 4) is 0 Å². The van der Waals surface area contributed by atoms with Gasteiger partial charge in [0, 0.05) is 52.5 Å². The smallest absolute Gasteiger partial charge is 0.274 e. The molecule has 0 bridgehead atoms. The minimum atomic E-state index is -0.192. The fourth-order valence-electron chi connectivity index (χ4n) is 4.10. The molecule has 0 unspecified atom stereocenters. The van der Waals surface area contributed by atoms with Crippen molar-refractivity contribution in [1.29, 1.82) is 0 Å². The van der Waals surface area contributed by atoms with E-state index in [4.69, 9.17) is 4.74 Å². The average molecular weight is 439 g/mol. The summed E-state index contributed by atoms with van der Waals surface area (Å²) in [5, 5.41) is 0. The predicted octanol–water partition coefficient (Wildman–Crippen LogP) is 3.14. The van der Waals surface area contributed by atoms with Gasteiger partial charge in [-0.25, -0.2) is 4.98 Å². The van der Waals surface area contributed by atoms with Gasteiger partial charge < -0.3 is 14.5 Å². The van der Waals surface area contributed by atoms with Crippen LogP contribution >= 0.6 is 0 Å². The molecule has 0 saturated carbocycles. The van der Waals surface area contributed by atoms with Crippen LogP contribution in [-0.2, 0) is 16.0 Å². The number of hydrogen-bond donors (Lipinski definition) is 0. The van der Waals surface area contributed by atoms with Crippen molar-refractivity contribution >= 4 is 11.8 Å². The minimum absolute atomic E-state index is 0.114. The third-order valence-corrected chi connectivity index (χ3v) is 5.99. The maximum absolute atomic E-state index is 12.9. The first-order chi connectivity index (χ1) is 15.6. The summed E-state index contributed by atoms with van der Waals surface area (Å²) in [6.45, 7) is 4.87. The molecule has 0 spiro atoms. The summed E-state index contributed by atoms with van der Waals surface area (Å²) in [5.74, 6) is 0.541. The molecule has 3 rings (SSSR count). The molecule has 0 atom stereocenters. The molecule has 2 heterocycles. The van der Waals surface area contributed by atoms with Gasteiger partial charge in [0.05, 0.1) is 11.9 Å². The van der Waals surface area contributed by atoms with Gasteiger partial charge in [0.25, 0.3) is 5.91 Å². The van der Waals surface area contributed by atoms with Crippen LogP contribution in [0.4, 0.5) is 0 Å². The Kier molecular flexibility index (Phi) is 9.16. The molecule has 7 heteroatoms. The van der Waals surface area contributed by atoms with Crippen LogP contribution in [-0.4, -0.2) is 71.5 Å². The van der Waals surface area contributed by atoms with Crippen LogP contribution in [0.3, 0.4) is 0 Å². The van der Waals surface area contributed by atoms with Gasteiger partial charge in [-0.3, -0.25) is 14.6 Å². The summed E-state index contributed by atoms with van der Waals surface area (Å²) in [6.07, 6.45) is 7.24. The number of carbonyl (C=O) groups is 2. The number of ether oxygens (including phenoxy) is 1. The highest BCUT2D eigenvalue weighted by Gasteiger charge is 2.24. The molecule has 1 aromatic heterocycles. The first-order valence-electron chi connectivity index (χ1n) is 11.5. The topological polar surface area (TPSA) is 75.6 Å². The van der Waals surface area contributed by atoms with Gasteiger partial charge in [-0.2, -0.15) is 0 Å². The summed E-state index contributed by atoms with van der Waals surface area (Å²) in [5.41, 5.74) is 2.43. The highest BCUT2D eigenvalue weighted by Crippen LogP contribution is 2.22. The van der Waals surface area contributed by atoms with E-state index >= 15 is 0 Å². The largest absolute Gasteiger partial charge is 0.385 e. The molecule has 2 aromatic rings. The lowest BCUT2D eigenvalue weighted by molar-refractivity contribution is -0.132. The Morgan fingerprint density at radius 1 is 1.09 bits per heavy atom. The summed E-state index contributed by atoms with van der Waals surface area (Å²) < 4.78 is 5.13. The molecule has 1 aliphatic rings. The summed E-state index contributed by atoms with van der Waals surface area (Å²) in [7, 11) is 1.64. The number of amides is 2. The van der Waals surface area contributed by atoms with Gasteiger partial charge in [-0.15, -0.1) is 0 Å². The number of benzene rings is 1. The minimum Gasteiger partial charge on any atom is -0.385 e. The second kappa shape index (κ2) is 12.3. The molecule has 1 aromatic carbocycles. The number of likely N-dealkylation sites (tertiary alicyclic amines) is 1. The van der Waals surface area contributed by atoms with Gasteiger partial charge >= 0.3 is 0 Å². The van der Waals surface area contributed by atoms with Gasteiger partial charge in [-0.1, -0.05) is 30.3 Å². The van der Waals surface area contributed by atoms with Crippen LogP contribution in [0.1, 0.15) is 47.4 Å². The lowest BCUT2D eigenvalue weighted by Gasteiger charge is -2.33. The van der Waals surface area contributed by atoms with Crippen LogP contribution in [0.25, 0.3) is 0 Å². The molecular formula is C25H34N4O3. The van der Waals surface area contributed by atoms with E-state index in [0.29, 0.717) is 44.1 Å². The van der Waals surface area contributed by atoms with E-state index in [-0.39, 0.29) is 11.8 Å². The van der Waals surface area contributed by atoms with Crippen molar-refractivity contribution in [3.63, 3.8) is 0 Å². The maximum Gasteiger partial charge on any atom is 0.274 e. The molecular weight excluding hydrogens is 404 g/mol. The van der Waals surface area contributed by atoms with E-state index in [2.05, 4.69) is 34.2 Å². The van der Waals surface area contributed by atoms with Gasteiger partial charge in [-0.05, 0) is 44.1 Å². The van der Waals surface area contributed by atoms with Crippen molar-refractivity contribution in [1.82, 2.24) is 19.8 Å². The maximum atomic E-state index is 12.9.